The molecule has 2 saturated heterocycles. The van der Waals surface area contributed by atoms with Gasteiger partial charge < -0.3 is 9.84 Å². The van der Waals surface area contributed by atoms with E-state index < -0.39 is 105 Å². The second-order valence-electron chi connectivity index (χ2n) is 12.6. The summed E-state index contributed by atoms with van der Waals surface area (Å²) >= 11 is 14.3. The van der Waals surface area contributed by atoms with Gasteiger partial charge in [0.1, 0.15) is 18.0 Å². The van der Waals surface area contributed by atoms with Gasteiger partial charge in [-0.05, 0) is 30.4 Å². The first-order valence-electron chi connectivity index (χ1n) is 15.5. The van der Waals surface area contributed by atoms with E-state index in [2.05, 4.69) is 0 Å². The summed E-state index contributed by atoms with van der Waals surface area (Å²) in [5, 5.41) is 9.48. The standard InChI is InChI=1S/C35H25Cl2F5N2O6/c36-34-14-20-17(10-11-19-22(20)31(47)43(30(19)46)15-16-6-2-1-3-7-16)23(18-8-4-5-9-21(18)50-13-12-45)35(34,37)33(49)44(32(34)48)29-27(41)25(39)24(38)26(40)28(29)42/h1-10,19-20,22-23,45H,11-15H2. The fraction of sp³-hybridized carbons (Fsp3) is 0.314. The first-order valence-corrected chi connectivity index (χ1v) is 16.2. The fourth-order valence-electron chi connectivity index (χ4n) is 7.91. The molecule has 2 aliphatic heterocycles. The predicted octanol–water partition coefficient (Wildman–Crippen LogP) is 5.52. The average Bonchev–Trinajstić information content (AvgIpc) is 3.44. The van der Waals surface area contributed by atoms with Crippen LogP contribution < -0.4 is 9.64 Å². The fourth-order valence-corrected chi connectivity index (χ4v) is 8.83. The first kappa shape index (κ1) is 34.1. The van der Waals surface area contributed by atoms with Crippen molar-refractivity contribution in [2.24, 2.45) is 17.8 Å². The number of ether oxygens (including phenoxy) is 1. The minimum atomic E-state index is -2.69. The number of benzene rings is 3. The molecule has 2 aliphatic carbocycles. The van der Waals surface area contributed by atoms with Crippen molar-refractivity contribution >= 4 is 52.5 Å². The molecule has 50 heavy (non-hydrogen) atoms. The number of para-hydroxylation sites is 1. The molecule has 0 spiro atoms. The van der Waals surface area contributed by atoms with Crippen LogP contribution in [0, 0.1) is 46.8 Å². The van der Waals surface area contributed by atoms with Gasteiger partial charge in [0.2, 0.25) is 17.6 Å². The number of carbonyl (C=O) groups excluding carboxylic acids is 4. The molecular formula is C35H25Cl2F5N2O6. The molecule has 0 bridgehead atoms. The minimum absolute atomic E-state index is 0.00821. The molecule has 2 heterocycles. The highest BCUT2D eigenvalue weighted by atomic mass is 35.5. The van der Waals surface area contributed by atoms with Crippen LogP contribution in [0.2, 0.25) is 0 Å². The molecule has 0 aromatic heterocycles. The molecule has 4 aliphatic rings. The molecule has 4 amide bonds. The van der Waals surface area contributed by atoms with E-state index in [1.807, 2.05) is 0 Å². The Hall–Kier alpha value is -4.33. The zero-order valence-electron chi connectivity index (χ0n) is 25.6. The lowest BCUT2D eigenvalue weighted by atomic mass is 9.56. The lowest BCUT2D eigenvalue weighted by Crippen LogP contribution is -2.60. The SMILES string of the molecule is O=C1C2CC=C3C(CC4(Cl)C(=O)N(c5c(F)c(F)c(F)c(F)c5F)C(=O)C4(Cl)C3c3ccccc3OCCO)C2C(=O)N1Cc1ccccc1. The third-order valence-corrected chi connectivity index (χ3v) is 11.5. The highest BCUT2D eigenvalue weighted by Gasteiger charge is 2.77. The number of alkyl halides is 2. The number of imide groups is 2. The van der Waals surface area contributed by atoms with Crippen LogP contribution in [0.3, 0.4) is 0 Å². The van der Waals surface area contributed by atoms with E-state index >= 15 is 8.78 Å². The molecule has 6 atom stereocenters. The van der Waals surface area contributed by atoms with E-state index in [4.69, 9.17) is 27.9 Å². The monoisotopic (exact) mass is 734 g/mol. The van der Waals surface area contributed by atoms with Crippen molar-refractivity contribution in [3.8, 4) is 5.75 Å². The van der Waals surface area contributed by atoms with Gasteiger partial charge in [-0.1, -0.05) is 60.2 Å². The Morgan fingerprint density at radius 3 is 2.08 bits per heavy atom. The van der Waals surface area contributed by atoms with E-state index in [9.17, 15) is 37.5 Å². The smallest absolute Gasteiger partial charge is 0.258 e. The maximum absolute atomic E-state index is 15.2. The number of likely N-dealkylation sites (tertiary alicyclic amines) is 1. The molecule has 3 aromatic rings. The number of nitrogens with zero attached hydrogens (tertiary/aromatic N) is 2. The van der Waals surface area contributed by atoms with Crippen LogP contribution in [-0.4, -0.2) is 56.6 Å². The van der Waals surface area contributed by atoms with Crippen LogP contribution in [0.15, 0.2) is 66.2 Å². The highest BCUT2D eigenvalue weighted by molar-refractivity contribution is 6.58. The van der Waals surface area contributed by atoms with Gasteiger partial charge in [-0.25, -0.2) is 26.9 Å². The second-order valence-corrected chi connectivity index (χ2v) is 13.8. The van der Waals surface area contributed by atoms with E-state index in [1.54, 1.807) is 42.5 Å². The van der Waals surface area contributed by atoms with E-state index in [-0.39, 0.29) is 35.8 Å². The van der Waals surface area contributed by atoms with Crippen molar-refractivity contribution in [1.29, 1.82) is 0 Å². The third kappa shape index (κ3) is 4.59. The number of amides is 4. The Balaban J connectivity index is 1.42. The van der Waals surface area contributed by atoms with Crippen LogP contribution in [0.5, 0.6) is 5.75 Å². The summed E-state index contributed by atoms with van der Waals surface area (Å²) in [5.74, 6) is -21.0. The third-order valence-electron chi connectivity index (χ3n) is 10.1. The summed E-state index contributed by atoms with van der Waals surface area (Å²) in [6.07, 6.45) is 1.00. The largest absolute Gasteiger partial charge is 0.491 e. The molecule has 1 saturated carbocycles. The number of hydrogen-bond donors (Lipinski definition) is 1. The van der Waals surface area contributed by atoms with Crippen LogP contribution in [0.1, 0.15) is 29.9 Å². The topological polar surface area (TPSA) is 104 Å². The summed E-state index contributed by atoms with van der Waals surface area (Å²) in [7, 11) is 0. The number of aliphatic hydroxyl groups excluding tert-OH is 1. The number of anilines is 1. The molecule has 3 fully saturated rings. The normalized spacial score (nSPS) is 28.8. The van der Waals surface area contributed by atoms with E-state index in [0.717, 1.165) is 4.90 Å². The zero-order valence-corrected chi connectivity index (χ0v) is 27.2. The Labute approximate surface area is 291 Å². The van der Waals surface area contributed by atoms with Crippen LogP contribution in [0.4, 0.5) is 27.6 Å². The number of halogens is 7. The van der Waals surface area contributed by atoms with Crippen molar-refractivity contribution in [1.82, 2.24) is 4.90 Å². The Kier molecular flexibility index (Phi) is 8.31. The van der Waals surface area contributed by atoms with Crippen LogP contribution >= 0.6 is 23.2 Å². The number of hydrogen-bond acceptors (Lipinski definition) is 6. The molecule has 3 aromatic carbocycles. The number of aliphatic hydroxyl groups is 1. The minimum Gasteiger partial charge on any atom is -0.491 e. The van der Waals surface area contributed by atoms with Crippen LogP contribution in [0.25, 0.3) is 0 Å². The average molecular weight is 735 g/mol. The molecule has 8 nitrogen and oxygen atoms in total. The molecule has 0 radical (unpaired) electrons. The van der Waals surface area contributed by atoms with Gasteiger partial charge in [0.25, 0.3) is 11.8 Å². The Morgan fingerprint density at radius 1 is 0.800 bits per heavy atom. The molecular weight excluding hydrogens is 710 g/mol. The highest BCUT2D eigenvalue weighted by Crippen LogP contribution is 2.66. The molecule has 6 unspecified atom stereocenters. The van der Waals surface area contributed by atoms with Gasteiger partial charge in [0.15, 0.2) is 33.0 Å². The second kappa shape index (κ2) is 12.2. The van der Waals surface area contributed by atoms with Crippen molar-refractivity contribution in [3.05, 3.63) is 106 Å². The van der Waals surface area contributed by atoms with Gasteiger partial charge in [0.05, 0.1) is 25.0 Å². The van der Waals surface area contributed by atoms with Gasteiger partial charge in [-0.2, -0.15) is 0 Å². The van der Waals surface area contributed by atoms with Crippen molar-refractivity contribution < 1.29 is 51.0 Å². The maximum atomic E-state index is 15.2. The summed E-state index contributed by atoms with van der Waals surface area (Å²) in [6.45, 7) is -0.715. The van der Waals surface area contributed by atoms with Crippen LogP contribution in [-0.2, 0) is 25.7 Å². The first-order chi connectivity index (χ1) is 23.8. The Bertz CT molecular complexity index is 1990. The van der Waals surface area contributed by atoms with E-state index in [0.29, 0.717) is 11.1 Å². The lowest BCUT2D eigenvalue weighted by Gasteiger charge is -2.51. The molecule has 1 N–H and O–H groups in total. The van der Waals surface area contributed by atoms with Crippen molar-refractivity contribution in [3.63, 3.8) is 0 Å². The quantitative estimate of drug-likeness (QED) is 0.0857. The molecule has 260 valence electrons. The van der Waals surface area contributed by atoms with Gasteiger partial charge in [-0.15, -0.1) is 23.2 Å². The molecule has 7 rings (SSSR count). The summed E-state index contributed by atoms with van der Waals surface area (Å²) in [6, 6.07) is 14.7. The summed E-state index contributed by atoms with van der Waals surface area (Å²) in [5.41, 5.74) is -0.777. The zero-order chi connectivity index (χ0) is 35.9. The summed E-state index contributed by atoms with van der Waals surface area (Å²) in [4.78, 5) is 52.1. The van der Waals surface area contributed by atoms with Gasteiger partial charge in [0, 0.05) is 11.5 Å². The molecule has 15 heteroatoms. The lowest BCUT2D eigenvalue weighted by molar-refractivity contribution is -0.141. The van der Waals surface area contributed by atoms with Gasteiger partial charge >= 0.3 is 0 Å². The number of fused-ring (bicyclic) bond motifs is 4. The number of carbonyl (C=O) groups is 4. The Morgan fingerprint density at radius 2 is 1.42 bits per heavy atom. The summed E-state index contributed by atoms with van der Waals surface area (Å²) < 4.78 is 79.2. The van der Waals surface area contributed by atoms with Crippen molar-refractivity contribution in [2.75, 3.05) is 18.1 Å². The predicted molar refractivity (Wildman–Crippen MR) is 167 cm³/mol. The van der Waals surface area contributed by atoms with Gasteiger partial charge in [-0.3, -0.25) is 24.1 Å². The maximum Gasteiger partial charge on any atom is 0.258 e. The number of allylic oxidation sites excluding steroid dienone is 2. The van der Waals surface area contributed by atoms with Crippen molar-refractivity contribution in [2.45, 2.75) is 35.1 Å². The number of rotatable bonds is 7. The van der Waals surface area contributed by atoms with E-state index in [1.165, 1.54) is 18.2 Å².